The van der Waals surface area contributed by atoms with Crippen LogP contribution in [0.5, 0.6) is 0 Å². The van der Waals surface area contributed by atoms with Crippen molar-refractivity contribution in [1.82, 2.24) is 19.8 Å². The maximum absolute atomic E-state index is 12.8. The molecule has 244 valence electrons. The summed E-state index contributed by atoms with van der Waals surface area (Å²) in [5.41, 5.74) is 7.14. The molecule has 0 radical (unpaired) electrons. The van der Waals surface area contributed by atoms with E-state index in [4.69, 9.17) is 15.3 Å². The third-order valence-corrected chi connectivity index (χ3v) is 13.4. The molecule has 6 saturated heterocycles. The summed E-state index contributed by atoms with van der Waals surface area (Å²) in [7, 11) is 0. The molecule has 8 fully saturated rings. The van der Waals surface area contributed by atoms with Crippen molar-refractivity contribution in [3.05, 3.63) is 59.0 Å². The molecule has 8 aliphatic rings. The van der Waals surface area contributed by atoms with Crippen molar-refractivity contribution in [2.75, 3.05) is 26.2 Å². The highest BCUT2D eigenvalue weighted by atomic mass is 35.5. The molecule has 2 N–H and O–H groups in total. The lowest BCUT2D eigenvalue weighted by Gasteiger charge is -2.52. The molecule has 0 amide bonds. The summed E-state index contributed by atoms with van der Waals surface area (Å²) in [5.74, 6) is 2.58. The van der Waals surface area contributed by atoms with Gasteiger partial charge in [0, 0.05) is 46.7 Å². The molecular weight excluding hydrogens is 638 g/mol. The fourth-order valence-corrected chi connectivity index (χ4v) is 10.5. The van der Waals surface area contributed by atoms with Crippen LogP contribution in [-0.4, -0.2) is 75.0 Å². The second-order valence-electron chi connectivity index (χ2n) is 13.5. The van der Waals surface area contributed by atoms with Crippen LogP contribution in [0.25, 0.3) is 20.4 Å². The lowest BCUT2D eigenvalue weighted by molar-refractivity contribution is -0.191. The first kappa shape index (κ1) is 33.3. The molecule has 2 aliphatic carbocycles. The van der Waals surface area contributed by atoms with Crippen molar-refractivity contribution in [3.63, 3.8) is 0 Å². The molecule has 2 spiro atoms. The van der Waals surface area contributed by atoms with Gasteiger partial charge in [0.25, 0.3) is 0 Å². The first-order valence-corrected chi connectivity index (χ1v) is 18.1. The molecule has 0 unspecified atom stereocenters. The average Bonchev–Trinajstić information content (AvgIpc) is 3.94. The number of aromatic nitrogens is 2. The molecule has 6 aliphatic heterocycles. The smallest absolute Gasteiger partial charge is 0.326 e. The number of carbonyl (C=O) groups excluding carboxylic acids is 3. The number of halogens is 1. The van der Waals surface area contributed by atoms with Crippen LogP contribution in [0.2, 0.25) is 0 Å². The van der Waals surface area contributed by atoms with E-state index < -0.39 is 0 Å². The zero-order chi connectivity index (χ0) is 31.0. The van der Waals surface area contributed by atoms with Crippen molar-refractivity contribution < 1.29 is 14.4 Å². The van der Waals surface area contributed by atoms with Gasteiger partial charge in [0.2, 0.25) is 0 Å². The number of Topliss-reactive ketones (excluding diaryl/α,β-unsaturated/α-hetero) is 1. The number of carbonyl (C=O) groups is 1. The van der Waals surface area contributed by atoms with Crippen LogP contribution in [0.1, 0.15) is 67.5 Å². The van der Waals surface area contributed by atoms with Gasteiger partial charge in [-0.25, -0.2) is 9.97 Å². The maximum Gasteiger partial charge on any atom is 0.373 e. The maximum atomic E-state index is 12.8. The molecule has 4 aromatic heterocycles. The van der Waals surface area contributed by atoms with Crippen molar-refractivity contribution in [2.45, 2.75) is 74.9 Å². The van der Waals surface area contributed by atoms with Crippen LogP contribution in [0, 0.1) is 17.8 Å². The number of fused-ring (bicyclic) bond motifs is 6. The Morgan fingerprint density at radius 3 is 1.96 bits per heavy atom. The van der Waals surface area contributed by atoms with E-state index in [1.54, 1.807) is 28.9 Å². The number of piperidine rings is 6. The van der Waals surface area contributed by atoms with Crippen molar-refractivity contribution in [2.24, 2.45) is 23.5 Å². The van der Waals surface area contributed by atoms with Gasteiger partial charge in [-0.05, 0) is 125 Å². The Balaban J connectivity index is 0.000000129. The molecule has 2 saturated carbocycles. The van der Waals surface area contributed by atoms with Gasteiger partial charge in [-0.15, -0.1) is 35.1 Å². The van der Waals surface area contributed by atoms with Crippen LogP contribution < -0.4 is 5.73 Å². The van der Waals surface area contributed by atoms with E-state index in [1.807, 2.05) is 30.5 Å². The Hall–Kier alpha value is -2.56. The zero-order valence-electron chi connectivity index (χ0n) is 26.0. The number of rotatable bonds is 3. The number of ketones is 1. The molecule has 0 aromatic carbocycles. The highest BCUT2D eigenvalue weighted by Gasteiger charge is 2.60. The number of hydrogen-bond acceptors (Lipinski definition) is 10. The fourth-order valence-electron chi connectivity index (χ4n) is 8.83. The minimum Gasteiger partial charge on any atom is -0.326 e. The van der Waals surface area contributed by atoms with Gasteiger partial charge < -0.3 is 5.73 Å². The predicted octanol–water partition coefficient (Wildman–Crippen LogP) is 6.45. The van der Waals surface area contributed by atoms with E-state index >= 15 is 0 Å². The van der Waals surface area contributed by atoms with Gasteiger partial charge in [0.15, 0.2) is 5.78 Å². The van der Waals surface area contributed by atoms with E-state index in [1.165, 1.54) is 82.9 Å². The molecule has 12 rings (SSSR count). The highest BCUT2D eigenvalue weighted by molar-refractivity contribution is 7.20. The standard InChI is InChI=1S/C18H20N2OS.C9H16N2.C7H5NS.CO2.ClH/c21-15(16-10-13-2-1-7-19-17(13)22-16)11-14-12-3-8-20(9-4-12)18(14)5-6-18;10-8-7-1-5-11(6-2-7)9(8)3-4-9;1-2-6-3-5-9-7(6)8-4-1;2-1-3;/h1-2,7,10,12,14H,3-6,8-9,11H2;7-8H,1-6,10H2;1-5H;;1H/t14-;8-;;;/m00.../s1. The summed E-state index contributed by atoms with van der Waals surface area (Å²) in [5, 5.41) is 4.39. The molecular formula is C35H42ClN5O3S2. The summed E-state index contributed by atoms with van der Waals surface area (Å²) in [6, 6.07) is 12.6. The van der Waals surface area contributed by atoms with Crippen molar-refractivity contribution in [3.8, 4) is 0 Å². The fraction of sp³-hybridized carbons (Fsp3) is 0.543. The average molecular weight is 680 g/mol. The van der Waals surface area contributed by atoms with Gasteiger partial charge >= 0.3 is 6.15 Å². The molecule has 4 bridgehead atoms. The zero-order valence-corrected chi connectivity index (χ0v) is 28.5. The Morgan fingerprint density at radius 1 is 0.848 bits per heavy atom. The third-order valence-electron chi connectivity index (χ3n) is 11.5. The van der Waals surface area contributed by atoms with Crippen LogP contribution in [0.3, 0.4) is 0 Å². The van der Waals surface area contributed by atoms with Gasteiger partial charge in [0.05, 0.1) is 4.88 Å². The van der Waals surface area contributed by atoms with Crippen LogP contribution in [-0.2, 0) is 9.59 Å². The Morgan fingerprint density at radius 2 is 1.41 bits per heavy atom. The van der Waals surface area contributed by atoms with Gasteiger partial charge in [-0.3, -0.25) is 14.6 Å². The summed E-state index contributed by atoms with van der Waals surface area (Å²) < 4.78 is 0. The minimum atomic E-state index is 0. The first-order chi connectivity index (χ1) is 22.0. The van der Waals surface area contributed by atoms with Crippen molar-refractivity contribution >= 4 is 67.4 Å². The van der Waals surface area contributed by atoms with Gasteiger partial charge in [-0.2, -0.15) is 9.59 Å². The molecule has 11 heteroatoms. The number of thiophene rings is 2. The van der Waals surface area contributed by atoms with E-state index in [9.17, 15) is 4.79 Å². The first-order valence-electron chi connectivity index (χ1n) is 16.4. The second-order valence-corrected chi connectivity index (χ2v) is 15.5. The Labute approximate surface area is 284 Å². The number of hydrogen-bond donors (Lipinski definition) is 1. The highest BCUT2D eigenvalue weighted by Crippen LogP contribution is 2.58. The predicted molar refractivity (Wildman–Crippen MR) is 184 cm³/mol. The summed E-state index contributed by atoms with van der Waals surface area (Å²) in [6.07, 6.45) is 15.3. The monoisotopic (exact) mass is 679 g/mol. The largest absolute Gasteiger partial charge is 0.373 e. The summed E-state index contributed by atoms with van der Waals surface area (Å²) in [4.78, 5) is 46.0. The van der Waals surface area contributed by atoms with Crippen molar-refractivity contribution in [1.29, 1.82) is 0 Å². The molecule has 10 heterocycles. The normalized spacial score (nSPS) is 29.7. The van der Waals surface area contributed by atoms with Crippen LogP contribution in [0.4, 0.5) is 0 Å². The van der Waals surface area contributed by atoms with Crippen LogP contribution in [0.15, 0.2) is 54.2 Å². The molecule has 4 aromatic rings. The summed E-state index contributed by atoms with van der Waals surface area (Å²) in [6.45, 7) is 5.20. The quantitative estimate of drug-likeness (QED) is 0.246. The van der Waals surface area contributed by atoms with E-state index in [-0.39, 0.29) is 18.6 Å². The minimum absolute atomic E-state index is 0. The number of nitrogens with zero attached hydrogens (tertiary/aromatic N) is 4. The summed E-state index contributed by atoms with van der Waals surface area (Å²) >= 11 is 3.24. The number of nitrogens with two attached hydrogens (primary N) is 1. The van der Waals surface area contributed by atoms with E-state index in [2.05, 4.69) is 37.3 Å². The lowest BCUT2D eigenvalue weighted by Crippen LogP contribution is -2.63. The van der Waals surface area contributed by atoms with Crippen LogP contribution >= 0.6 is 35.1 Å². The SMILES string of the molecule is Cl.N[C@H]1C2CCN(CC2)C12CC2.O=C(C[C@H]1C2CCN(CC2)C12CC2)c1cc2cccnc2s1.O=C=O.c1cnc2sccc2c1. The Kier molecular flexibility index (Phi) is 10.1. The van der Waals surface area contributed by atoms with E-state index in [0.717, 1.165) is 38.2 Å². The topological polar surface area (TPSA) is 109 Å². The molecule has 46 heavy (non-hydrogen) atoms. The van der Waals surface area contributed by atoms with Gasteiger partial charge in [0.1, 0.15) is 9.66 Å². The van der Waals surface area contributed by atoms with Gasteiger partial charge in [-0.1, -0.05) is 12.1 Å². The lowest BCUT2D eigenvalue weighted by atomic mass is 9.70. The third kappa shape index (κ3) is 6.33. The number of pyridine rings is 2. The second kappa shape index (κ2) is 13.9. The molecule has 8 nitrogen and oxygen atoms in total. The molecule has 2 atom stereocenters. The Bertz CT molecular complexity index is 1610. The van der Waals surface area contributed by atoms with E-state index in [0.29, 0.717) is 28.8 Å².